The van der Waals surface area contributed by atoms with Gasteiger partial charge < -0.3 is 24.8 Å². The van der Waals surface area contributed by atoms with Gasteiger partial charge in [0.15, 0.2) is 5.96 Å². The molecule has 140 valence electrons. The standard InChI is InChI=1S/C19H31N3O3/c1-4-20-19(21-9-11-24-14-17-6-5-10-25-17)22-13-16-8-7-15(2)12-18(16)23-3/h7-8,12,17H,4-6,9-11,13-14H2,1-3H3,(H2,20,21,22). The molecule has 0 aliphatic carbocycles. The Morgan fingerprint density at radius 1 is 1.36 bits per heavy atom. The van der Waals surface area contributed by atoms with E-state index in [0.29, 0.717) is 26.3 Å². The van der Waals surface area contributed by atoms with Gasteiger partial charge in [0.1, 0.15) is 5.75 Å². The van der Waals surface area contributed by atoms with E-state index in [0.717, 1.165) is 43.3 Å². The van der Waals surface area contributed by atoms with Crippen molar-refractivity contribution in [3.05, 3.63) is 29.3 Å². The van der Waals surface area contributed by atoms with Gasteiger partial charge in [-0.15, -0.1) is 0 Å². The molecule has 0 spiro atoms. The third-order valence-corrected chi connectivity index (χ3v) is 4.06. The van der Waals surface area contributed by atoms with Gasteiger partial charge in [0.05, 0.1) is 33.0 Å². The van der Waals surface area contributed by atoms with Crippen LogP contribution < -0.4 is 15.4 Å². The lowest BCUT2D eigenvalue weighted by Gasteiger charge is -2.14. The topological polar surface area (TPSA) is 64.1 Å². The molecule has 1 aromatic rings. The van der Waals surface area contributed by atoms with Crippen molar-refractivity contribution >= 4 is 5.96 Å². The molecule has 1 fully saturated rings. The van der Waals surface area contributed by atoms with Crippen LogP contribution in [-0.2, 0) is 16.0 Å². The second kappa shape index (κ2) is 10.9. The van der Waals surface area contributed by atoms with Crippen LogP contribution in [0.25, 0.3) is 0 Å². The Balaban J connectivity index is 1.77. The van der Waals surface area contributed by atoms with Gasteiger partial charge in [-0.25, -0.2) is 4.99 Å². The number of nitrogens with zero attached hydrogens (tertiary/aromatic N) is 1. The quantitative estimate of drug-likeness (QED) is 0.407. The lowest BCUT2D eigenvalue weighted by molar-refractivity contribution is 0.0191. The van der Waals surface area contributed by atoms with Crippen LogP contribution in [0.15, 0.2) is 23.2 Å². The van der Waals surface area contributed by atoms with Crippen molar-refractivity contribution in [1.82, 2.24) is 10.6 Å². The van der Waals surface area contributed by atoms with E-state index in [1.807, 2.05) is 6.07 Å². The molecule has 25 heavy (non-hydrogen) atoms. The predicted octanol–water partition coefficient (Wildman–Crippen LogP) is 2.25. The zero-order chi connectivity index (χ0) is 17.9. The van der Waals surface area contributed by atoms with E-state index in [1.165, 1.54) is 5.56 Å². The lowest BCUT2D eigenvalue weighted by Crippen LogP contribution is -2.39. The molecule has 2 N–H and O–H groups in total. The summed E-state index contributed by atoms with van der Waals surface area (Å²) in [6.45, 7) is 8.38. The third-order valence-electron chi connectivity index (χ3n) is 4.06. The predicted molar refractivity (Wildman–Crippen MR) is 100 cm³/mol. The highest BCUT2D eigenvalue weighted by Gasteiger charge is 2.14. The van der Waals surface area contributed by atoms with Crippen LogP contribution in [0.2, 0.25) is 0 Å². The number of ether oxygens (including phenoxy) is 3. The van der Waals surface area contributed by atoms with Gasteiger partial charge in [-0.1, -0.05) is 12.1 Å². The fourth-order valence-corrected chi connectivity index (χ4v) is 2.72. The van der Waals surface area contributed by atoms with Gasteiger partial charge in [0.2, 0.25) is 0 Å². The molecule has 6 heteroatoms. The van der Waals surface area contributed by atoms with Crippen LogP contribution in [0, 0.1) is 6.92 Å². The van der Waals surface area contributed by atoms with E-state index < -0.39 is 0 Å². The number of aliphatic imine (C=N–C) groups is 1. The van der Waals surface area contributed by atoms with Crippen molar-refractivity contribution in [3.63, 3.8) is 0 Å². The van der Waals surface area contributed by atoms with E-state index in [-0.39, 0.29) is 6.10 Å². The minimum Gasteiger partial charge on any atom is -0.496 e. The highest BCUT2D eigenvalue weighted by Crippen LogP contribution is 2.20. The van der Waals surface area contributed by atoms with E-state index in [9.17, 15) is 0 Å². The lowest BCUT2D eigenvalue weighted by atomic mass is 10.1. The Morgan fingerprint density at radius 3 is 2.96 bits per heavy atom. The van der Waals surface area contributed by atoms with Crippen molar-refractivity contribution in [2.24, 2.45) is 4.99 Å². The maximum atomic E-state index is 5.67. The molecular weight excluding hydrogens is 318 g/mol. The van der Waals surface area contributed by atoms with Crippen molar-refractivity contribution in [2.45, 2.75) is 39.3 Å². The molecule has 0 amide bonds. The molecule has 1 saturated heterocycles. The van der Waals surface area contributed by atoms with Gasteiger partial charge in [0, 0.05) is 25.3 Å². The first-order chi connectivity index (χ1) is 12.2. The zero-order valence-electron chi connectivity index (χ0n) is 15.6. The number of aryl methyl sites for hydroxylation is 1. The van der Waals surface area contributed by atoms with Crippen molar-refractivity contribution < 1.29 is 14.2 Å². The van der Waals surface area contributed by atoms with Crippen LogP contribution in [0.1, 0.15) is 30.9 Å². The monoisotopic (exact) mass is 349 g/mol. The molecule has 2 rings (SSSR count). The molecule has 1 heterocycles. The van der Waals surface area contributed by atoms with Gasteiger partial charge >= 0.3 is 0 Å². The van der Waals surface area contributed by atoms with Gasteiger partial charge in [0.25, 0.3) is 0 Å². The Morgan fingerprint density at radius 2 is 2.24 bits per heavy atom. The molecule has 1 atom stereocenters. The first-order valence-corrected chi connectivity index (χ1v) is 9.08. The van der Waals surface area contributed by atoms with E-state index in [4.69, 9.17) is 14.2 Å². The second-order valence-corrected chi connectivity index (χ2v) is 6.15. The molecule has 1 aromatic carbocycles. The summed E-state index contributed by atoms with van der Waals surface area (Å²) in [6.07, 6.45) is 2.53. The van der Waals surface area contributed by atoms with Crippen LogP contribution in [0.4, 0.5) is 0 Å². The van der Waals surface area contributed by atoms with Gasteiger partial charge in [-0.3, -0.25) is 0 Å². The van der Waals surface area contributed by atoms with E-state index in [1.54, 1.807) is 7.11 Å². The van der Waals surface area contributed by atoms with Crippen molar-refractivity contribution in [3.8, 4) is 5.75 Å². The summed E-state index contributed by atoms with van der Waals surface area (Å²) in [5.74, 6) is 1.66. The van der Waals surface area contributed by atoms with Crippen molar-refractivity contribution in [1.29, 1.82) is 0 Å². The molecule has 0 aromatic heterocycles. The number of hydrogen-bond acceptors (Lipinski definition) is 4. The second-order valence-electron chi connectivity index (χ2n) is 6.15. The molecule has 0 saturated carbocycles. The smallest absolute Gasteiger partial charge is 0.191 e. The number of nitrogens with one attached hydrogen (secondary N) is 2. The van der Waals surface area contributed by atoms with Crippen LogP contribution in [0.5, 0.6) is 5.75 Å². The average Bonchev–Trinajstić information content (AvgIpc) is 3.13. The molecule has 0 bridgehead atoms. The maximum absolute atomic E-state index is 5.67. The minimum absolute atomic E-state index is 0.274. The molecule has 0 radical (unpaired) electrons. The number of methoxy groups -OCH3 is 1. The zero-order valence-corrected chi connectivity index (χ0v) is 15.6. The first kappa shape index (κ1) is 19.5. The fraction of sp³-hybridized carbons (Fsp3) is 0.632. The van der Waals surface area contributed by atoms with Gasteiger partial charge in [-0.05, 0) is 38.3 Å². The maximum Gasteiger partial charge on any atom is 0.191 e. The normalized spacial score (nSPS) is 17.6. The Hall–Kier alpha value is -1.79. The number of benzene rings is 1. The van der Waals surface area contributed by atoms with Crippen LogP contribution in [-0.4, -0.2) is 52.1 Å². The average molecular weight is 349 g/mol. The summed E-state index contributed by atoms with van der Waals surface area (Å²) >= 11 is 0. The number of rotatable bonds is 9. The molecule has 1 unspecified atom stereocenters. The van der Waals surface area contributed by atoms with E-state index in [2.05, 4.69) is 41.6 Å². The third kappa shape index (κ3) is 6.92. The van der Waals surface area contributed by atoms with E-state index >= 15 is 0 Å². The summed E-state index contributed by atoms with van der Waals surface area (Å²) in [6, 6.07) is 6.17. The minimum atomic E-state index is 0.274. The summed E-state index contributed by atoms with van der Waals surface area (Å²) < 4.78 is 16.7. The van der Waals surface area contributed by atoms with Crippen molar-refractivity contribution in [2.75, 3.05) is 40.0 Å². The molecule has 6 nitrogen and oxygen atoms in total. The Kier molecular flexibility index (Phi) is 8.55. The first-order valence-electron chi connectivity index (χ1n) is 9.08. The summed E-state index contributed by atoms with van der Waals surface area (Å²) in [4.78, 5) is 4.63. The highest BCUT2D eigenvalue weighted by molar-refractivity contribution is 5.79. The van der Waals surface area contributed by atoms with Crippen LogP contribution in [0.3, 0.4) is 0 Å². The largest absolute Gasteiger partial charge is 0.496 e. The molecule has 1 aliphatic rings. The molecular formula is C19H31N3O3. The number of guanidine groups is 1. The SMILES string of the molecule is CCNC(=NCc1ccc(C)cc1OC)NCCOCC1CCCO1. The summed E-state index contributed by atoms with van der Waals surface area (Å²) in [5.41, 5.74) is 2.25. The summed E-state index contributed by atoms with van der Waals surface area (Å²) in [7, 11) is 1.69. The number of hydrogen-bond donors (Lipinski definition) is 2. The fourth-order valence-electron chi connectivity index (χ4n) is 2.72. The summed E-state index contributed by atoms with van der Waals surface area (Å²) in [5, 5.41) is 6.55. The Labute approximate surface area is 151 Å². The Bertz CT molecular complexity index is 543. The van der Waals surface area contributed by atoms with Crippen LogP contribution >= 0.6 is 0 Å². The highest BCUT2D eigenvalue weighted by atomic mass is 16.5. The van der Waals surface area contributed by atoms with Gasteiger partial charge in [-0.2, -0.15) is 0 Å². The molecule has 1 aliphatic heterocycles.